The molecule has 0 radical (unpaired) electrons. The van der Waals surface area contributed by atoms with E-state index in [1.54, 1.807) is 37.4 Å². The minimum atomic E-state index is 0.181. The Morgan fingerprint density at radius 1 is 1.07 bits per heavy atom. The molecule has 4 heteroatoms. The summed E-state index contributed by atoms with van der Waals surface area (Å²) in [4.78, 5) is 0.918. The molecular formula is C11H11O3S+. The van der Waals surface area contributed by atoms with Crippen LogP contribution in [0.25, 0.3) is 10.8 Å². The molecule has 0 saturated carbocycles. The Labute approximate surface area is 91.5 Å². The van der Waals surface area contributed by atoms with Crippen LogP contribution in [0.2, 0.25) is 0 Å². The summed E-state index contributed by atoms with van der Waals surface area (Å²) in [6, 6.07) is 8.27. The quantitative estimate of drug-likeness (QED) is 0.604. The van der Waals surface area contributed by atoms with Gasteiger partial charge in [0.25, 0.3) is 0 Å². The van der Waals surface area contributed by atoms with Crippen LogP contribution in [0.5, 0.6) is 11.5 Å². The molecule has 0 atom stereocenters. The van der Waals surface area contributed by atoms with Gasteiger partial charge in [-0.15, -0.1) is 0 Å². The molecule has 0 spiro atoms. The first kappa shape index (κ1) is 10.1. The van der Waals surface area contributed by atoms with E-state index in [-0.39, 0.29) is 11.5 Å². The van der Waals surface area contributed by atoms with Crippen molar-refractivity contribution in [3.05, 3.63) is 30.3 Å². The summed E-state index contributed by atoms with van der Waals surface area (Å²) >= 11 is 0.706. The summed E-state index contributed by atoms with van der Waals surface area (Å²) in [6.07, 6.45) is 0. The lowest BCUT2D eigenvalue weighted by molar-refractivity contribution is 0.474. The fourth-order valence-corrected chi connectivity index (χ4v) is 2.10. The van der Waals surface area contributed by atoms with Crippen LogP contribution in [0.15, 0.2) is 35.2 Å². The molecule has 2 aromatic carbocycles. The number of phenols is 2. The molecule has 0 saturated heterocycles. The highest BCUT2D eigenvalue weighted by Crippen LogP contribution is 2.31. The molecule has 0 heterocycles. The zero-order valence-electron chi connectivity index (χ0n) is 8.14. The third-order valence-corrected chi connectivity index (χ3v) is 2.91. The van der Waals surface area contributed by atoms with Gasteiger partial charge >= 0.3 is 0 Å². The SMILES string of the molecule is CO[SH+]c1ccc(O)c2ccc(O)cc12. The van der Waals surface area contributed by atoms with Crippen molar-refractivity contribution in [1.82, 2.24) is 0 Å². The molecule has 0 aliphatic rings. The van der Waals surface area contributed by atoms with Gasteiger partial charge in [-0.2, -0.15) is 4.18 Å². The second-order valence-corrected chi connectivity index (χ2v) is 4.14. The fraction of sp³-hybridized carbons (Fsp3) is 0.0909. The van der Waals surface area contributed by atoms with E-state index in [0.717, 1.165) is 15.7 Å². The Morgan fingerprint density at radius 2 is 1.87 bits per heavy atom. The number of benzene rings is 2. The van der Waals surface area contributed by atoms with Crippen molar-refractivity contribution in [3.8, 4) is 11.5 Å². The van der Waals surface area contributed by atoms with Gasteiger partial charge in [-0.3, -0.25) is 0 Å². The maximum atomic E-state index is 9.63. The minimum Gasteiger partial charge on any atom is -0.508 e. The van der Waals surface area contributed by atoms with Gasteiger partial charge in [0.05, 0.1) is 7.11 Å². The summed E-state index contributed by atoms with van der Waals surface area (Å²) in [5, 5.41) is 20.5. The topological polar surface area (TPSA) is 49.7 Å². The highest BCUT2D eigenvalue weighted by molar-refractivity contribution is 7.73. The number of hydrogen-bond donors (Lipinski definition) is 2. The van der Waals surface area contributed by atoms with Crippen molar-refractivity contribution in [3.63, 3.8) is 0 Å². The van der Waals surface area contributed by atoms with Gasteiger partial charge in [0.2, 0.25) is 0 Å². The molecule has 0 aliphatic carbocycles. The third kappa shape index (κ3) is 1.86. The molecule has 0 unspecified atom stereocenters. The lowest BCUT2D eigenvalue weighted by Crippen LogP contribution is -1.87. The molecule has 0 amide bonds. The van der Waals surface area contributed by atoms with Crippen molar-refractivity contribution in [2.45, 2.75) is 4.90 Å². The Balaban J connectivity index is 2.72. The molecule has 2 aromatic rings. The molecule has 0 aliphatic heterocycles. The number of aromatic hydroxyl groups is 2. The standard InChI is InChI=1S/C11H10O3S/c1-14-15-11-5-4-10(13)8-3-2-7(12)6-9(8)11/h2-6,12-13H,1H3/p+1. The molecule has 0 aromatic heterocycles. The van der Waals surface area contributed by atoms with Crippen LogP contribution in [0.3, 0.4) is 0 Å². The number of fused-ring (bicyclic) bond motifs is 1. The fourth-order valence-electron chi connectivity index (χ4n) is 1.48. The van der Waals surface area contributed by atoms with Gasteiger partial charge in [-0.05, 0) is 24.3 Å². The predicted molar refractivity (Wildman–Crippen MR) is 61.3 cm³/mol. The van der Waals surface area contributed by atoms with Gasteiger partial charge in [0, 0.05) is 16.8 Å². The summed E-state index contributed by atoms with van der Waals surface area (Å²) in [5.74, 6) is 0.390. The van der Waals surface area contributed by atoms with Crippen LogP contribution in [0.4, 0.5) is 0 Å². The van der Waals surface area contributed by atoms with Crippen LogP contribution in [0, 0.1) is 0 Å². The lowest BCUT2D eigenvalue weighted by atomic mass is 10.1. The lowest BCUT2D eigenvalue weighted by Gasteiger charge is -2.02. The summed E-state index contributed by atoms with van der Waals surface area (Å²) in [7, 11) is 1.60. The van der Waals surface area contributed by atoms with E-state index in [4.69, 9.17) is 4.18 Å². The van der Waals surface area contributed by atoms with Crippen LogP contribution < -0.4 is 0 Å². The highest BCUT2D eigenvalue weighted by atomic mass is 32.2. The number of hydrogen-bond acceptors (Lipinski definition) is 3. The van der Waals surface area contributed by atoms with Crippen LogP contribution in [-0.4, -0.2) is 17.3 Å². The monoisotopic (exact) mass is 223 g/mol. The van der Waals surface area contributed by atoms with Gasteiger partial charge in [0.1, 0.15) is 11.5 Å². The molecule has 0 fully saturated rings. The zero-order valence-corrected chi connectivity index (χ0v) is 9.03. The summed E-state index contributed by atoms with van der Waals surface area (Å²) < 4.78 is 5.02. The van der Waals surface area contributed by atoms with Gasteiger partial charge in [-0.1, -0.05) is 0 Å². The van der Waals surface area contributed by atoms with Gasteiger partial charge in [0.15, 0.2) is 16.9 Å². The summed E-state index contributed by atoms with van der Waals surface area (Å²) in [5.41, 5.74) is 0. The Hall–Kier alpha value is -1.39. The largest absolute Gasteiger partial charge is 0.508 e. The first-order valence-corrected chi connectivity index (χ1v) is 5.22. The van der Waals surface area contributed by atoms with Gasteiger partial charge < -0.3 is 10.2 Å². The first-order valence-electron chi connectivity index (χ1n) is 4.41. The maximum Gasteiger partial charge on any atom is 0.195 e. The van der Waals surface area contributed by atoms with E-state index in [0.29, 0.717) is 12.0 Å². The van der Waals surface area contributed by atoms with Crippen molar-refractivity contribution in [2.24, 2.45) is 0 Å². The van der Waals surface area contributed by atoms with E-state index in [1.807, 2.05) is 0 Å². The highest BCUT2D eigenvalue weighted by Gasteiger charge is 2.12. The molecule has 78 valence electrons. The second kappa shape index (κ2) is 4.00. The van der Waals surface area contributed by atoms with Crippen molar-refractivity contribution in [2.75, 3.05) is 7.11 Å². The molecule has 3 nitrogen and oxygen atoms in total. The van der Waals surface area contributed by atoms with E-state index < -0.39 is 0 Å². The van der Waals surface area contributed by atoms with E-state index in [1.165, 1.54) is 0 Å². The number of rotatable bonds is 2. The third-order valence-electron chi connectivity index (χ3n) is 2.14. The molecule has 2 rings (SSSR count). The molecule has 2 N–H and O–H groups in total. The average Bonchev–Trinajstić information content (AvgIpc) is 2.22. The minimum absolute atomic E-state index is 0.181. The summed E-state index contributed by atoms with van der Waals surface area (Å²) in [6.45, 7) is 0. The van der Waals surface area contributed by atoms with Crippen molar-refractivity contribution < 1.29 is 14.4 Å². The molecular weight excluding hydrogens is 212 g/mol. The Bertz CT molecular complexity index is 496. The van der Waals surface area contributed by atoms with E-state index in [2.05, 4.69) is 0 Å². The smallest absolute Gasteiger partial charge is 0.195 e. The molecule has 0 bridgehead atoms. The van der Waals surface area contributed by atoms with Gasteiger partial charge in [-0.25, -0.2) is 0 Å². The second-order valence-electron chi connectivity index (χ2n) is 3.11. The Kier molecular flexibility index (Phi) is 2.70. The van der Waals surface area contributed by atoms with Crippen LogP contribution in [0.1, 0.15) is 0 Å². The number of phenolic OH excluding ortho intramolecular Hbond substituents is 2. The normalized spacial score (nSPS) is 10.7. The van der Waals surface area contributed by atoms with Crippen LogP contribution >= 0.6 is 0 Å². The van der Waals surface area contributed by atoms with Crippen LogP contribution in [-0.2, 0) is 16.2 Å². The molecule has 15 heavy (non-hydrogen) atoms. The first-order chi connectivity index (χ1) is 7.22. The van der Waals surface area contributed by atoms with Crippen molar-refractivity contribution >= 4 is 22.8 Å². The number of thiol groups is 1. The Morgan fingerprint density at radius 3 is 2.60 bits per heavy atom. The average molecular weight is 223 g/mol. The van der Waals surface area contributed by atoms with E-state index in [9.17, 15) is 10.2 Å². The zero-order chi connectivity index (χ0) is 10.8. The van der Waals surface area contributed by atoms with E-state index >= 15 is 0 Å². The predicted octanol–water partition coefficient (Wildman–Crippen LogP) is 1.99. The maximum absolute atomic E-state index is 9.63. The van der Waals surface area contributed by atoms with Crippen molar-refractivity contribution in [1.29, 1.82) is 0 Å².